The van der Waals surface area contributed by atoms with Gasteiger partial charge in [0.2, 0.25) is 0 Å². The minimum atomic E-state index is -0.160. The van der Waals surface area contributed by atoms with Gasteiger partial charge in [-0.25, -0.2) is 4.79 Å². The van der Waals surface area contributed by atoms with Gasteiger partial charge in [0.25, 0.3) is 0 Å². The smallest absolute Gasteiger partial charge is 0.410 e. The number of rotatable bonds is 5. The monoisotopic (exact) mass is 389 g/mol. The molecule has 0 unspecified atom stereocenters. The number of benzene rings is 2. The van der Waals surface area contributed by atoms with E-state index in [2.05, 4.69) is 48.2 Å². The lowest BCUT2D eigenvalue weighted by Gasteiger charge is -2.50. The van der Waals surface area contributed by atoms with Crippen LogP contribution in [0.4, 0.5) is 4.79 Å². The summed E-state index contributed by atoms with van der Waals surface area (Å²) in [6, 6.07) is 20.3. The highest BCUT2D eigenvalue weighted by atomic mass is 16.6. The van der Waals surface area contributed by atoms with Gasteiger partial charge in [0, 0.05) is 6.54 Å². The lowest BCUT2D eigenvalue weighted by Crippen LogP contribution is -2.56. The van der Waals surface area contributed by atoms with Crippen molar-refractivity contribution in [2.45, 2.75) is 57.6 Å². The van der Waals surface area contributed by atoms with E-state index >= 15 is 0 Å². The first-order chi connectivity index (χ1) is 14.1. The molecule has 2 fully saturated rings. The summed E-state index contributed by atoms with van der Waals surface area (Å²) in [6.45, 7) is 3.51. The Kier molecular flexibility index (Phi) is 5.75. The van der Waals surface area contributed by atoms with Crippen molar-refractivity contribution >= 4 is 12.2 Å². The van der Waals surface area contributed by atoms with Gasteiger partial charge in [0.15, 0.2) is 0 Å². The molecule has 1 aliphatic carbocycles. The molecule has 1 amide bonds. The van der Waals surface area contributed by atoms with E-state index in [1.54, 1.807) is 0 Å². The highest BCUT2D eigenvalue weighted by Gasteiger charge is 2.58. The Morgan fingerprint density at radius 2 is 1.69 bits per heavy atom. The summed E-state index contributed by atoms with van der Waals surface area (Å²) in [4.78, 5) is 15.2. The Bertz CT molecular complexity index is 848. The molecule has 1 aliphatic heterocycles. The molecule has 152 valence electrons. The van der Waals surface area contributed by atoms with Crippen molar-refractivity contribution in [2.75, 3.05) is 6.54 Å². The Labute approximate surface area is 174 Å². The Hall–Kier alpha value is -2.55. The highest BCUT2D eigenvalue weighted by molar-refractivity contribution is 5.70. The standard InChI is InChI=1S/C26H31NO2/c1-25-16-8-9-17-26(25,18-10-15-22-11-4-2-5-12-22)27(20-19-25)24(28)29-21-23-13-6-3-7-14-23/h2-7,10-15H,8-9,16-21H2,1H3/b15-10+/t25-,26+/m0/s1. The summed E-state index contributed by atoms with van der Waals surface area (Å²) in [5, 5.41) is 0. The maximum Gasteiger partial charge on any atom is 0.410 e. The van der Waals surface area contributed by atoms with Crippen LogP contribution >= 0.6 is 0 Å². The normalized spacial score (nSPS) is 26.4. The van der Waals surface area contributed by atoms with Gasteiger partial charge in [-0.15, -0.1) is 0 Å². The van der Waals surface area contributed by atoms with E-state index in [1.807, 2.05) is 36.4 Å². The van der Waals surface area contributed by atoms with Crippen LogP contribution in [0.3, 0.4) is 0 Å². The fourth-order valence-electron chi connectivity index (χ4n) is 5.33. The Morgan fingerprint density at radius 1 is 1.00 bits per heavy atom. The van der Waals surface area contributed by atoms with Gasteiger partial charge in [-0.3, -0.25) is 0 Å². The second kappa shape index (κ2) is 8.44. The molecule has 2 atom stereocenters. The van der Waals surface area contributed by atoms with Crippen molar-refractivity contribution in [3.63, 3.8) is 0 Å². The quantitative estimate of drug-likeness (QED) is 0.588. The van der Waals surface area contributed by atoms with Crippen LogP contribution in [-0.2, 0) is 11.3 Å². The molecule has 1 saturated carbocycles. The first kappa shape index (κ1) is 19.8. The van der Waals surface area contributed by atoms with Gasteiger partial charge >= 0.3 is 6.09 Å². The van der Waals surface area contributed by atoms with Crippen LogP contribution in [0.5, 0.6) is 0 Å². The topological polar surface area (TPSA) is 29.5 Å². The third-order valence-corrected chi connectivity index (χ3v) is 7.09. The van der Waals surface area contributed by atoms with Crippen molar-refractivity contribution in [2.24, 2.45) is 5.41 Å². The zero-order valence-corrected chi connectivity index (χ0v) is 17.3. The second-order valence-electron chi connectivity index (χ2n) is 8.76. The summed E-state index contributed by atoms with van der Waals surface area (Å²) in [5.74, 6) is 0. The number of carbonyl (C=O) groups excluding carboxylic acids is 1. The first-order valence-corrected chi connectivity index (χ1v) is 10.8. The number of nitrogens with zero attached hydrogens (tertiary/aromatic N) is 1. The molecule has 4 rings (SSSR count). The predicted molar refractivity (Wildman–Crippen MR) is 117 cm³/mol. The fourth-order valence-corrected chi connectivity index (χ4v) is 5.33. The van der Waals surface area contributed by atoms with Gasteiger partial charge < -0.3 is 9.64 Å². The lowest BCUT2D eigenvalue weighted by molar-refractivity contribution is 0.000505. The molecular weight excluding hydrogens is 358 g/mol. The minimum Gasteiger partial charge on any atom is -0.445 e. The molecule has 1 heterocycles. The molecule has 0 aromatic heterocycles. The van der Waals surface area contributed by atoms with E-state index in [-0.39, 0.29) is 17.0 Å². The average molecular weight is 390 g/mol. The van der Waals surface area contributed by atoms with Crippen LogP contribution < -0.4 is 0 Å². The van der Waals surface area contributed by atoms with Crippen LogP contribution in [0, 0.1) is 5.41 Å². The van der Waals surface area contributed by atoms with E-state index < -0.39 is 0 Å². The molecule has 0 bridgehead atoms. The van der Waals surface area contributed by atoms with E-state index in [0.717, 1.165) is 31.4 Å². The van der Waals surface area contributed by atoms with Crippen molar-refractivity contribution in [1.29, 1.82) is 0 Å². The number of fused-ring (bicyclic) bond motifs is 1. The molecular formula is C26H31NO2. The summed E-state index contributed by atoms with van der Waals surface area (Å²) in [6.07, 6.45) is 10.9. The third kappa shape index (κ3) is 3.96. The van der Waals surface area contributed by atoms with Gasteiger partial charge in [-0.05, 0) is 42.2 Å². The summed E-state index contributed by atoms with van der Waals surface area (Å²) >= 11 is 0. The number of hydrogen-bond acceptors (Lipinski definition) is 2. The van der Waals surface area contributed by atoms with Crippen LogP contribution in [0.15, 0.2) is 66.7 Å². The maximum absolute atomic E-state index is 13.1. The molecule has 29 heavy (non-hydrogen) atoms. The molecule has 2 aromatic rings. The number of hydrogen-bond donors (Lipinski definition) is 0. The number of ether oxygens (including phenoxy) is 1. The molecule has 0 radical (unpaired) electrons. The summed E-state index contributed by atoms with van der Waals surface area (Å²) < 4.78 is 5.76. The number of amides is 1. The van der Waals surface area contributed by atoms with Crippen LogP contribution in [0.1, 0.15) is 56.6 Å². The molecule has 0 N–H and O–H groups in total. The zero-order valence-electron chi connectivity index (χ0n) is 17.3. The van der Waals surface area contributed by atoms with Crippen molar-refractivity contribution in [3.05, 3.63) is 77.9 Å². The summed E-state index contributed by atoms with van der Waals surface area (Å²) in [7, 11) is 0. The van der Waals surface area contributed by atoms with Crippen molar-refractivity contribution in [1.82, 2.24) is 4.90 Å². The molecule has 2 aromatic carbocycles. The zero-order chi connectivity index (χ0) is 20.2. The van der Waals surface area contributed by atoms with E-state index in [0.29, 0.717) is 6.61 Å². The molecule has 3 heteroatoms. The van der Waals surface area contributed by atoms with Gasteiger partial charge in [0.05, 0.1) is 5.54 Å². The lowest BCUT2D eigenvalue weighted by atomic mass is 9.61. The molecule has 2 aliphatic rings. The third-order valence-electron chi connectivity index (χ3n) is 7.09. The van der Waals surface area contributed by atoms with Crippen LogP contribution in [-0.4, -0.2) is 23.1 Å². The largest absolute Gasteiger partial charge is 0.445 e. The predicted octanol–water partition coefficient (Wildman–Crippen LogP) is 6.45. The van der Waals surface area contributed by atoms with Crippen molar-refractivity contribution in [3.8, 4) is 0 Å². The molecule has 0 spiro atoms. The van der Waals surface area contributed by atoms with E-state index in [1.165, 1.54) is 24.8 Å². The maximum atomic E-state index is 13.1. The van der Waals surface area contributed by atoms with Crippen LogP contribution in [0.2, 0.25) is 0 Å². The Balaban J connectivity index is 1.52. The van der Waals surface area contributed by atoms with Gasteiger partial charge in [-0.2, -0.15) is 0 Å². The highest BCUT2D eigenvalue weighted by Crippen LogP contribution is 2.56. The fraction of sp³-hybridized carbons (Fsp3) is 0.423. The van der Waals surface area contributed by atoms with Gasteiger partial charge in [-0.1, -0.05) is 92.6 Å². The minimum absolute atomic E-state index is 0.135. The number of likely N-dealkylation sites (tertiary alicyclic amines) is 1. The van der Waals surface area contributed by atoms with E-state index in [4.69, 9.17) is 4.74 Å². The first-order valence-electron chi connectivity index (χ1n) is 10.8. The second-order valence-corrected chi connectivity index (χ2v) is 8.76. The number of carbonyl (C=O) groups is 1. The molecule has 1 saturated heterocycles. The van der Waals surface area contributed by atoms with Crippen LogP contribution in [0.25, 0.3) is 6.08 Å². The summed E-state index contributed by atoms with van der Waals surface area (Å²) in [5.41, 5.74) is 2.27. The molecule has 3 nitrogen and oxygen atoms in total. The Morgan fingerprint density at radius 3 is 2.45 bits per heavy atom. The average Bonchev–Trinajstić information content (AvgIpc) is 3.06. The van der Waals surface area contributed by atoms with Crippen molar-refractivity contribution < 1.29 is 9.53 Å². The van der Waals surface area contributed by atoms with Gasteiger partial charge in [0.1, 0.15) is 6.61 Å². The SMILES string of the molecule is C[C@@]12CCCC[C@]1(C/C=C/c1ccccc1)N(C(=O)OCc1ccccc1)CC2. The van der Waals surface area contributed by atoms with E-state index in [9.17, 15) is 4.79 Å².